The lowest BCUT2D eigenvalue weighted by Crippen LogP contribution is -2.33. The molecule has 3 heterocycles. The molecule has 8 nitrogen and oxygen atoms in total. The van der Waals surface area contributed by atoms with Crippen molar-refractivity contribution in [3.8, 4) is 0 Å². The molecule has 3 rings (SSSR count). The quantitative estimate of drug-likeness (QED) is 0.528. The molecule has 1 aliphatic rings. The predicted octanol–water partition coefficient (Wildman–Crippen LogP) is -1.38. The normalized spacial score (nSPS) is 31.1. The number of rotatable bonds is 2. The first-order valence-electron chi connectivity index (χ1n) is 5.83. The van der Waals surface area contributed by atoms with Crippen LogP contribution in [0.5, 0.6) is 0 Å². The molecule has 0 aliphatic carbocycles. The van der Waals surface area contributed by atoms with E-state index in [1.54, 1.807) is 16.8 Å². The number of hydrogen-bond acceptors (Lipinski definition) is 7. The van der Waals surface area contributed by atoms with E-state index in [0.717, 1.165) is 0 Å². The van der Waals surface area contributed by atoms with Crippen LogP contribution < -0.4 is 5.73 Å². The van der Waals surface area contributed by atoms with E-state index in [4.69, 9.17) is 15.6 Å². The molecule has 2 aromatic heterocycles. The molecule has 102 valence electrons. The average molecular weight is 266 g/mol. The number of aliphatic hydroxyl groups is 3. The second kappa shape index (κ2) is 4.42. The highest BCUT2D eigenvalue weighted by Gasteiger charge is 2.43. The predicted molar refractivity (Wildman–Crippen MR) is 64.9 cm³/mol. The first kappa shape index (κ1) is 12.3. The van der Waals surface area contributed by atoms with Gasteiger partial charge in [0.25, 0.3) is 0 Å². The number of hydrogen-bond donors (Lipinski definition) is 4. The second-order valence-electron chi connectivity index (χ2n) is 4.45. The molecule has 0 amide bonds. The molecular weight excluding hydrogens is 252 g/mol. The van der Waals surface area contributed by atoms with Crippen LogP contribution in [0.15, 0.2) is 18.6 Å². The van der Waals surface area contributed by atoms with Gasteiger partial charge in [-0.25, -0.2) is 9.97 Å². The van der Waals surface area contributed by atoms with E-state index in [-0.39, 0.29) is 6.61 Å². The monoisotopic (exact) mass is 266 g/mol. The van der Waals surface area contributed by atoms with Gasteiger partial charge in [0.1, 0.15) is 36.1 Å². The lowest BCUT2D eigenvalue weighted by molar-refractivity contribution is -0.0508. The van der Waals surface area contributed by atoms with Gasteiger partial charge < -0.3 is 30.4 Å². The minimum Gasteiger partial charge on any atom is -0.394 e. The van der Waals surface area contributed by atoms with Gasteiger partial charge in [-0.05, 0) is 6.07 Å². The van der Waals surface area contributed by atoms with Crippen molar-refractivity contribution in [2.75, 3.05) is 12.3 Å². The molecule has 5 N–H and O–H groups in total. The molecule has 0 saturated carbocycles. The maximum Gasteiger partial charge on any atom is 0.164 e. The van der Waals surface area contributed by atoms with Crippen LogP contribution in [0.4, 0.5) is 5.82 Å². The fourth-order valence-corrected chi connectivity index (χ4v) is 2.31. The van der Waals surface area contributed by atoms with E-state index in [1.165, 1.54) is 6.33 Å². The number of aromatic nitrogens is 3. The maximum atomic E-state index is 9.98. The average Bonchev–Trinajstić information content (AvgIpc) is 2.94. The Morgan fingerprint density at radius 1 is 1.32 bits per heavy atom. The van der Waals surface area contributed by atoms with E-state index in [1.807, 2.05) is 0 Å². The van der Waals surface area contributed by atoms with Crippen LogP contribution >= 0.6 is 0 Å². The summed E-state index contributed by atoms with van der Waals surface area (Å²) in [5.74, 6) is 0.329. The molecule has 1 aliphatic heterocycles. The van der Waals surface area contributed by atoms with Crippen LogP contribution in [0.25, 0.3) is 11.0 Å². The fourth-order valence-electron chi connectivity index (χ4n) is 2.31. The maximum absolute atomic E-state index is 9.98. The van der Waals surface area contributed by atoms with Crippen molar-refractivity contribution in [2.24, 2.45) is 0 Å². The summed E-state index contributed by atoms with van der Waals surface area (Å²) in [5.41, 5.74) is 6.23. The molecule has 2 aromatic rings. The van der Waals surface area contributed by atoms with E-state index >= 15 is 0 Å². The summed E-state index contributed by atoms with van der Waals surface area (Å²) in [7, 11) is 0. The summed E-state index contributed by atoms with van der Waals surface area (Å²) < 4.78 is 7.01. The molecule has 0 radical (unpaired) electrons. The van der Waals surface area contributed by atoms with Crippen LogP contribution in [-0.4, -0.2) is 54.8 Å². The van der Waals surface area contributed by atoms with Crippen molar-refractivity contribution >= 4 is 16.9 Å². The fraction of sp³-hybridized carbons (Fsp3) is 0.455. The summed E-state index contributed by atoms with van der Waals surface area (Å²) in [5, 5.41) is 29.4. The minimum absolute atomic E-state index is 0.329. The van der Waals surface area contributed by atoms with Gasteiger partial charge in [-0.2, -0.15) is 0 Å². The standard InChI is InChI=1S/C11H14N4O4/c12-9-5-1-2-15(10(5)14-4-13-9)11-8(18)7(17)6(3-16)19-11/h1-2,4,6-8,11,16-18H,3H2,(H2,12,13,14)/t6-,7?,8+,11+/m1/s1. The highest BCUT2D eigenvalue weighted by molar-refractivity contribution is 5.86. The largest absolute Gasteiger partial charge is 0.394 e. The van der Waals surface area contributed by atoms with Gasteiger partial charge in [-0.3, -0.25) is 0 Å². The van der Waals surface area contributed by atoms with E-state index in [2.05, 4.69) is 9.97 Å². The van der Waals surface area contributed by atoms with E-state index in [9.17, 15) is 10.2 Å². The summed E-state index contributed by atoms with van der Waals surface area (Å²) >= 11 is 0. The smallest absolute Gasteiger partial charge is 0.164 e. The van der Waals surface area contributed by atoms with Gasteiger partial charge in [0.15, 0.2) is 6.23 Å². The third-order valence-corrected chi connectivity index (χ3v) is 3.33. The van der Waals surface area contributed by atoms with Crippen molar-refractivity contribution < 1.29 is 20.1 Å². The van der Waals surface area contributed by atoms with E-state index in [0.29, 0.717) is 16.9 Å². The van der Waals surface area contributed by atoms with E-state index < -0.39 is 24.5 Å². The number of ether oxygens (including phenoxy) is 1. The first-order valence-corrected chi connectivity index (χ1v) is 5.83. The summed E-state index contributed by atoms with van der Waals surface area (Å²) in [6.07, 6.45) is -0.975. The minimum atomic E-state index is -1.15. The van der Waals surface area contributed by atoms with Crippen LogP contribution in [0, 0.1) is 0 Å². The van der Waals surface area contributed by atoms with Crippen molar-refractivity contribution in [3.63, 3.8) is 0 Å². The Morgan fingerprint density at radius 3 is 2.79 bits per heavy atom. The van der Waals surface area contributed by atoms with Gasteiger partial charge in [0, 0.05) is 6.20 Å². The Labute approximate surface area is 108 Å². The number of nitrogens with zero attached hydrogens (tertiary/aromatic N) is 3. The molecule has 0 bridgehead atoms. The SMILES string of the molecule is Nc1ncnc2c1ccn2[C@H]1O[C@H](CO)C(O)[C@@H]1O. The Morgan fingerprint density at radius 2 is 2.11 bits per heavy atom. The Hall–Kier alpha value is -1.74. The highest BCUT2D eigenvalue weighted by Crippen LogP contribution is 2.32. The van der Waals surface area contributed by atoms with Gasteiger partial charge in [-0.15, -0.1) is 0 Å². The lowest BCUT2D eigenvalue weighted by atomic mass is 10.1. The zero-order chi connectivity index (χ0) is 13.6. The Balaban J connectivity index is 2.04. The molecule has 19 heavy (non-hydrogen) atoms. The van der Waals surface area contributed by atoms with Crippen molar-refractivity contribution in [1.29, 1.82) is 0 Å². The van der Waals surface area contributed by atoms with Gasteiger partial charge in [-0.1, -0.05) is 0 Å². The van der Waals surface area contributed by atoms with Crippen LogP contribution in [0.2, 0.25) is 0 Å². The second-order valence-corrected chi connectivity index (χ2v) is 4.45. The molecule has 0 aromatic carbocycles. The molecule has 8 heteroatoms. The van der Waals surface area contributed by atoms with Crippen molar-refractivity contribution in [2.45, 2.75) is 24.5 Å². The van der Waals surface area contributed by atoms with Crippen molar-refractivity contribution in [3.05, 3.63) is 18.6 Å². The molecule has 0 spiro atoms. The van der Waals surface area contributed by atoms with Crippen LogP contribution in [-0.2, 0) is 4.74 Å². The molecule has 1 fully saturated rings. The van der Waals surface area contributed by atoms with Crippen LogP contribution in [0.1, 0.15) is 6.23 Å². The summed E-state index contributed by atoms with van der Waals surface area (Å²) in [6, 6.07) is 1.71. The summed E-state index contributed by atoms with van der Waals surface area (Å²) in [6.45, 7) is -0.370. The van der Waals surface area contributed by atoms with Gasteiger partial charge in [0.05, 0.1) is 12.0 Å². The molecule has 4 atom stereocenters. The number of nitrogen functional groups attached to an aromatic ring is 1. The number of anilines is 1. The number of nitrogens with two attached hydrogens (primary N) is 1. The summed E-state index contributed by atoms with van der Waals surface area (Å²) in [4.78, 5) is 7.97. The third kappa shape index (κ3) is 1.77. The Bertz CT molecular complexity index is 601. The third-order valence-electron chi connectivity index (χ3n) is 3.33. The zero-order valence-electron chi connectivity index (χ0n) is 9.92. The highest BCUT2D eigenvalue weighted by atomic mass is 16.6. The first-order chi connectivity index (χ1) is 9.13. The molecule has 1 unspecified atom stereocenters. The molecular formula is C11H14N4O4. The van der Waals surface area contributed by atoms with Gasteiger partial charge in [0.2, 0.25) is 0 Å². The van der Waals surface area contributed by atoms with Crippen LogP contribution in [0.3, 0.4) is 0 Å². The zero-order valence-corrected chi connectivity index (χ0v) is 9.92. The molecule has 1 saturated heterocycles. The van der Waals surface area contributed by atoms with Gasteiger partial charge >= 0.3 is 0 Å². The number of fused-ring (bicyclic) bond motifs is 1. The van der Waals surface area contributed by atoms with Crippen molar-refractivity contribution in [1.82, 2.24) is 14.5 Å². The number of aliphatic hydroxyl groups excluding tert-OH is 3. The Kier molecular flexibility index (Phi) is 2.86. The lowest BCUT2D eigenvalue weighted by Gasteiger charge is -2.17. The topological polar surface area (TPSA) is 127 Å².